The summed E-state index contributed by atoms with van der Waals surface area (Å²) in [6.07, 6.45) is 3.72. The maximum absolute atomic E-state index is 9.20. The van der Waals surface area contributed by atoms with E-state index in [2.05, 4.69) is 10.3 Å². The molecule has 5 nitrogen and oxygen atoms in total. The number of hydrogen-bond donors (Lipinski definition) is 1. The minimum atomic E-state index is -0.195. The second-order valence-corrected chi connectivity index (χ2v) is 4.14. The highest BCUT2D eigenvalue weighted by Crippen LogP contribution is 2.12. The normalized spacial score (nSPS) is 10.8. The van der Waals surface area contributed by atoms with Gasteiger partial charge in [-0.15, -0.1) is 5.10 Å². The minimum absolute atomic E-state index is 0.112. The van der Waals surface area contributed by atoms with E-state index >= 15 is 0 Å². The topological polar surface area (TPSA) is 74.7 Å². The smallest absolute Gasteiger partial charge is 0.130 e. The molecule has 0 unspecified atom stereocenters. The van der Waals surface area contributed by atoms with E-state index in [1.807, 2.05) is 49.4 Å². The van der Waals surface area contributed by atoms with Crippen molar-refractivity contribution in [2.24, 2.45) is 0 Å². The predicted octanol–water partition coefficient (Wildman–Crippen LogP) is 1.77. The molecule has 0 fully saturated rings. The Morgan fingerprint density at radius 1 is 1.32 bits per heavy atom. The van der Waals surface area contributed by atoms with E-state index in [4.69, 9.17) is 5.26 Å². The van der Waals surface area contributed by atoms with Crippen LogP contribution in [0.2, 0.25) is 0 Å². The number of aryl methyl sites for hydroxylation is 1. The summed E-state index contributed by atoms with van der Waals surface area (Å²) in [6.45, 7) is 1.95. The Labute approximate surface area is 111 Å². The number of nitrogens with zero attached hydrogens (tertiary/aromatic N) is 4. The first-order valence-electron chi connectivity index (χ1n) is 5.89. The number of aromatic nitrogens is 3. The molecule has 1 aromatic carbocycles. The molecule has 1 heterocycles. The molecule has 5 heteroatoms. The number of nitriles is 1. The Bertz CT molecular complexity index is 620. The van der Waals surface area contributed by atoms with Gasteiger partial charge in [0.25, 0.3) is 0 Å². The van der Waals surface area contributed by atoms with Crippen LogP contribution < -0.4 is 0 Å². The quantitative estimate of drug-likeness (QED) is 0.902. The third-order valence-electron chi connectivity index (χ3n) is 2.73. The Morgan fingerprint density at radius 3 is 2.68 bits per heavy atom. The van der Waals surface area contributed by atoms with Crippen LogP contribution in [-0.4, -0.2) is 20.1 Å². The van der Waals surface area contributed by atoms with Crippen LogP contribution in [0, 0.1) is 18.3 Å². The van der Waals surface area contributed by atoms with Crippen molar-refractivity contribution in [1.29, 1.82) is 5.26 Å². The fourth-order valence-corrected chi connectivity index (χ4v) is 1.69. The Balaban J connectivity index is 2.29. The number of rotatable bonds is 4. The lowest BCUT2D eigenvalue weighted by Crippen LogP contribution is -2.01. The fraction of sp³-hybridized carbons (Fsp3) is 0.214. The lowest BCUT2D eigenvalue weighted by Gasteiger charge is -1.99. The Kier molecular flexibility index (Phi) is 4.06. The first kappa shape index (κ1) is 13.0. The summed E-state index contributed by atoms with van der Waals surface area (Å²) in [5, 5.41) is 25.6. The third-order valence-corrected chi connectivity index (χ3v) is 2.73. The SMILES string of the molecule is Cc1ccc(/C=C/c2c(CO)nnn2CC#N)cc1. The van der Waals surface area contributed by atoms with Crippen LogP contribution in [0.15, 0.2) is 24.3 Å². The van der Waals surface area contributed by atoms with E-state index in [-0.39, 0.29) is 13.2 Å². The molecule has 0 amide bonds. The molecule has 1 N–H and O–H groups in total. The molecular weight excluding hydrogens is 240 g/mol. The zero-order valence-electron chi connectivity index (χ0n) is 10.6. The van der Waals surface area contributed by atoms with Crippen LogP contribution in [-0.2, 0) is 13.2 Å². The molecule has 0 aliphatic heterocycles. The van der Waals surface area contributed by atoms with Crippen molar-refractivity contribution in [3.63, 3.8) is 0 Å². The van der Waals surface area contributed by atoms with Gasteiger partial charge in [0.2, 0.25) is 0 Å². The van der Waals surface area contributed by atoms with Crippen molar-refractivity contribution < 1.29 is 5.11 Å². The first-order valence-corrected chi connectivity index (χ1v) is 5.89. The van der Waals surface area contributed by atoms with Crippen LogP contribution in [0.1, 0.15) is 22.5 Å². The highest BCUT2D eigenvalue weighted by Gasteiger charge is 2.08. The average molecular weight is 254 g/mol. The molecule has 0 aliphatic carbocycles. The molecule has 0 saturated carbocycles. The van der Waals surface area contributed by atoms with Gasteiger partial charge < -0.3 is 5.11 Å². The number of aliphatic hydroxyl groups is 1. The minimum Gasteiger partial charge on any atom is -0.390 e. The molecule has 0 aliphatic rings. The summed E-state index contributed by atoms with van der Waals surface area (Å²) < 4.78 is 1.47. The van der Waals surface area contributed by atoms with Crippen molar-refractivity contribution in [3.8, 4) is 6.07 Å². The monoisotopic (exact) mass is 254 g/mol. The summed E-state index contributed by atoms with van der Waals surface area (Å²) >= 11 is 0. The lowest BCUT2D eigenvalue weighted by atomic mass is 10.1. The fourth-order valence-electron chi connectivity index (χ4n) is 1.69. The van der Waals surface area contributed by atoms with Gasteiger partial charge in [-0.3, -0.25) is 0 Å². The maximum atomic E-state index is 9.20. The van der Waals surface area contributed by atoms with Crippen molar-refractivity contribution in [2.75, 3.05) is 0 Å². The van der Waals surface area contributed by atoms with E-state index in [0.29, 0.717) is 11.4 Å². The van der Waals surface area contributed by atoms with E-state index < -0.39 is 0 Å². The molecule has 0 bridgehead atoms. The predicted molar refractivity (Wildman–Crippen MR) is 71.7 cm³/mol. The zero-order chi connectivity index (χ0) is 13.7. The van der Waals surface area contributed by atoms with Crippen LogP contribution in [0.25, 0.3) is 12.2 Å². The van der Waals surface area contributed by atoms with Gasteiger partial charge in [0.05, 0.1) is 18.4 Å². The van der Waals surface area contributed by atoms with Crippen LogP contribution >= 0.6 is 0 Å². The number of aliphatic hydroxyl groups excluding tert-OH is 1. The molecule has 1 aromatic heterocycles. The Hall–Kier alpha value is -2.45. The van der Waals surface area contributed by atoms with Gasteiger partial charge in [-0.1, -0.05) is 41.1 Å². The van der Waals surface area contributed by atoms with Gasteiger partial charge >= 0.3 is 0 Å². The molecule has 2 rings (SSSR count). The van der Waals surface area contributed by atoms with Gasteiger partial charge in [0, 0.05) is 0 Å². The summed E-state index contributed by atoms with van der Waals surface area (Å²) in [7, 11) is 0. The van der Waals surface area contributed by atoms with Crippen molar-refractivity contribution in [1.82, 2.24) is 15.0 Å². The molecule has 0 spiro atoms. The molecule has 2 aromatic rings. The van der Waals surface area contributed by atoms with E-state index in [9.17, 15) is 5.11 Å². The number of benzene rings is 1. The van der Waals surface area contributed by atoms with E-state index in [1.165, 1.54) is 10.2 Å². The van der Waals surface area contributed by atoms with E-state index in [0.717, 1.165) is 5.56 Å². The van der Waals surface area contributed by atoms with Crippen molar-refractivity contribution in [3.05, 3.63) is 46.8 Å². The molecule has 0 radical (unpaired) electrons. The average Bonchev–Trinajstić information content (AvgIpc) is 2.81. The van der Waals surface area contributed by atoms with Gasteiger partial charge in [-0.2, -0.15) is 5.26 Å². The molecule has 0 saturated heterocycles. The largest absolute Gasteiger partial charge is 0.390 e. The van der Waals surface area contributed by atoms with Gasteiger partial charge in [0.1, 0.15) is 12.2 Å². The summed E-state index contributed by atoms with van der Waals surface area (Å²) in [5.74, 6) is 0. The lowest BCUT2D eigenvalue weighted by molar-refractivity contribution is 0.276. The standard InChI is InChI=1S/C14H14N4O/c1-11-2-4-12(5-3-11)6-7-14-13(10-19)16-17-18(14)9-8-15/h2-7,19H,9-10H2,1H3/b7-6+. The second kappa shape index (κ2) is 5.94. The number of hydrogen-bond acceptors (Lipinski definition) is 4. The zero-order valence-corrected chi connectivity index (χ0v) is 10.6. The molecule has 19 heavy (non-hydrogen) atoms. The van der Waals surface area contributed by atoms with Crippen LogP contribution in [0.5, 0.6) is 0 Å². The Morgan fingerprint density at radius 2 is 2.05 bits per heavy atom. The van der Waals surface area contributed by atoms with E-state index in [1.54, 1.807) is 0 Å². The molecule has 96 valence electrons. The van der Waals surface area contributed by atoms with Crippen molar-refractivity contribution in [2.45, 2.75) is 20.1 Å². The summed E-state index contributed by atoms with van der Waals surface area (Å²) in [5.41, 5.74) is 3.37. The first-order chi connectivity index (χ1) is 9.24. The highest BCUT2D eigenvalue weighted by atomic mass is 16.3. The van der Waals surface area contributed by atoms with Crippen LogP contribution in [0.4, 0.5) is 0 Å². The maximum Gasteiger partial charge on any atom is 0.130 e. The second-order valence-electron chi connectivity index (χ2n) is 4.14. The van der Waals surface area contributed by atoms with Gasteiger partial charge in [0.15, 0.2) is 0 Å². The highest BCUT2D eigenvalue weighted by molar-refractivity contribution is 5.69. The third kappa shape index (κ3) is 3.06. The summed E-state index contributed by atoms with van der Waals surface area (Å²) in [4.78, 5) is 0. The van der Waals surface area contributed by atoms with Gasteiger partial charge in [-0.25, -0.2) is 4.68 Å². The molecule has 0 atom stereocenters. The van der Waals surface area contributed by atoms with Gasteiger partial charge in [-0.05, 0) is 18.6 Å². The summed E-state index contributed by atoms with van der Waals surface area (Å²) in [6, 6.07) is 10.1. The molecular formula is C14H14N4O. The van der Waals surface area contributed by atoms with Crippen LogP contribution in [0.3, 0.4) is 0 Å². The van der Waals surface area contributed by atoms with Crippen molar-refractivity contribution >= 4 is 12.2 Å².